The van der Waals surface area contributed by atoms with Gasteiger partial charge in [-0.05, 0) is 24.1 Å². The van der Waals surface area contributed by atoms with Crippen LogP contribution in [0.25, 0.3) is 0 Å². The van der Waals surface area contributed by atoms with E-state index < -0.39 is 0 Å². The Morgan fingerprint density at radius 2 is 1.53 bits per heavy atom. The lowest BCUT2D eigenvalue weighted by Gasteiger charge is -2.47. The zero-order valence-corrected chi connectivity index (χ0v) is 11.0. The van der Waals surface area contributed by atoms with Crippen LogP contribution in [-0.2, 0) is 4.79 Å². The molecule has 3 rings (SSSR count). The largest absolute Gasteiger partial charge is 0.308 e. The minimum Gasteiger partial charge on any atom is -0.308 e. The van der Waals surface area contributed by atoms with Gasteiger partial charge in [-0.1, -0.05) is 55.5 Å². The summed E-state index contributed by atoms with van der Waals surface area (Å²) in [5, 5.41) is 0. The summed E-state index contributed by atoms with van der Waals surface area (Å²) in [6.45, 7) is 2.14. The van der Waals surface area contributed by atoms with Gasteiger partial charge in [-0.2, -0.15) is 0 Å². The van der Waals surface area contributed by atoms with Crippen molar-refractivity contribution in [3.8, 4) is 0 Å². The molecule has 0 spiro atoms. The van der Waals surface area contributed by atoms with Crippen LogP contribution < -0.4 is 4.90 Å². The maximum absolute atomic E-state index is 12.5. The number of amides is 1. The highest BCUT2D eigenvalue weighted by Crippen LogP contribution is 2.40. The fraction of sp³-hybridized carbons (Fsp3) is 0.235. The van der Waals surface area contributed by atoms with E-state index in [2.05, 4.69) is 6.92 Å². The summed E-state index contributed by atoms with van der Waals surface area (Å²) in [5.74, 6) is 0.232. The third-order valence-corrected chi connectivity index (χ3v) is 3.83. The first kappa shape index (κ1) is 12.0. The summed E-state index contributed by atoms with van der Waals surface area (Å²) in [5.41, 5.74) is 2.14. The van der Waals surface area contributed by atoms with Crippen molar-refractivity contribution in [2.24, 2.45) is 0 Å². The number of hydrogen-bond donors (Lipinski definition) is 0. The van der Waals surface area contributed by atoms with Crippen molar-refractivity contribution in [1.82, 2.24) is 0 Å². The molecule has 1 saturated heterocycles. The molecule has 2 unspecified atom stereocenters. The molecule has 2 nitrogen and oxygen atoms in total. The fourth-order valence-electron chi connectivity index (χ4n) is 2.90. The van der Waals surface area contributed by atoms with Crippen LogP contribution in [0.1, 0.15) is 24.8 Å². The lowest BCUT2D eigenvalue weighted by atomic mass is 9.79. The molecule has 0 saturated carbocycles. The highest BCUT2D eigenvalue weighted by Gasteiger charge is 2.47. The third kappa shape index (κ3) is 1.93. The Labute approximate surface area is 113 Å². The topological polar surface area (TPSA) is 20.3 Å². The standard InChI is InChI=1S/C17H17NO/c1-2-15-16(13-9-5-3-6-10-13)17(19)18(15)14-11-7-4-8-12-14/h3-12,15-16H,2H2,1H3. The van der Waals surface area contributed by atoms with Crippen molar-refractivity contribution < 1.29 is 4.79 Å². The average molecular weight is 251 g/mol. The highest BCUT2D eigenvalue weighted by atomic mass is 16.2. The van der Waals surface area contributed by atoms with Gasteiger partial charge >= 0.3 is 0 Å². The molecular weight excluding hydrogens is 234 g/mol. The molecule has 1 heterocycles. The molecule has 2 atom stereocenters. The van der Waals surface area contributed by atoms with E-state index in [1.165, 1.54) is 0 Å². The van der Waals surface area contributed by atoms with Gasteiger partial charge in [-0.25, -0.2) is 0 Å². The van der Waals surface area contributed by atoms with Crippen molar-refractivity contribution >= 4 is 11.6 Å². The molecule has 2 heteroatoms. The Morgan fingerprint density at radius 1 is 0.947 bits per heavy atom. The predicted octanol–water partition coefficient (Wildman–Crippen LogP) is 3.60. The lowest BCUT2D eigenvalue weighted by molar-refractivity contribution is -0.126. The van der Waals surface area contributed by atoms with E-state index in [-0.39, 0.29) is 17.9 Å². The van der Waals surface area contributed by atoms with Gasteiger partial charge in [0.2, 0.25) is 5.91 Å². The number of anilines is 1. The number of para-hydroxylation sites is 1. The maximum Gasteiger partial charge on any atom is 0.236 e. The molecule has 1 aliphatic heterocycles. The molecule has 19 heavy (non-hydrogen) atoms. The van der Waals surface area contributed by atoms with E-state index >= 15 is 0 Å². The number of hydrogen-bond acceptors (Lipinski definition) is 1. The van der Waals surface area contributed by atoms with Crippen molar-refractivity contribution in [2.45, 2.75) is 25.3 Å². The molecule has 1 aliphatic rings. The number of carbonyl (C=O) groups is 1. The zero-order chi connectivity index (χ0) is 13.2. The molecule has 0 aliphatic carbocycles. The summed E-state index contributed by atoms with van der Waals surface area (Å²) < 4.78 is 0. The minimum atomic E-state index is 0.0198. The zero-order valence-electron chi connectivity index (χ0n) is 11.0. The fourth-order valence-corrected chi connectivity index (χ4v) is 2.90. The van der Waals surface area contributed by atoms with Crippen LogP contribution in [0.3, 0.4) is 0 Å². The third-order valence-electron chi connectivity index (χ3n) is 3.83. The summed E-state index contributed by atoms with van der Waals surface area (Å²) in [6.07, 6.45) is 0.972. The van der Waals surface area contributed by atoms with Crippen molar-refractivity contribution in [3.63, 3.8) is 0 Å². The number of carbonyl (C=O) groups excluding carboxylic acids is 1. The minimum absolute atomic E-state index is 0.0198. The lowest BCUT2D eigenvalue weighted by Crippen LogP contribution is -2.59. The van der Waals surface area contributed by atoms with E-state index in [1.54, 1.807) is 0 Å². The second-order valence-corrected chi connectivity index (χ2v) is 4.91. The molecule has 1 fully saturated rings. The van der Waals surface area contributed by atoms with Gasteiger partial charge in [0.25, 0.3) is 0 Å². The van der Waals surface area contributed by atoms with Crippen molar-refractivity contribution in [3.05, 3.63) is 66.2 Å². The van der Waals surface area contributed by atoms with Crippen LogP contribution in [0.2, 0.25) is 0 Å². The van der Waals surface area contributed by atoms with Gasteiger partial charge in [0, 0.05) is 5.69 Å². The van der Waals surface area contributed by atoms with Gasteiger partial charge in [-0.15, -0.1) is 0 Å². The van der Waals surface area contributed by atoms with Crippen LogP contribution in [0.5, 0.6) is 0 Å². The Hall–Kier alpha value is -2.09. The van der Waals surface area contributed by atoms with Gasteiger partial charge in [-0.3, -0.25) is 4.79 Å². The van der Waals surface area contributed by atoms with Gasteiger partial charge in [0.05, 0.1) is 12.0 Å². The molecule has 0 aromatic heterocycles. The Bertz CT molecular complexity index is 515. The van der Waals surface area contributed by atoms with E-state index in [9.17, 15) is 4.79 Å². The predicted molar refractivity (Wildman–Crippen MR) is 77.2 cm³/mol. The normalized spacial score (nSPS) is 22.2. The summed E-state index contributed by atoms with van der Waals surface area (Å²) in [4.78, 5) is 14.4. The monoisotopic (exact) mass is 251 g/mol. The van der Waals surface area contributed by atoms with Gasteiger partial charge in [0.15, 0.2) is 0 Å². The molecule has 1 amide bonds. The Balaban J connectivity index is 1.90. The maximum atomic E-state index is 12.5. The first-order chi connectivity index (χ1) is 9.33. The van der Waals surface area contributed by atoms with Crippen LogP contribution in [0, 0.1) is 0 Å². The summed E-state index contributed by atoms with van der Waals surface area (Å²) in [7, 11) is 0. The number of rotatable bonds is 3. The summed E-state index contributed by atoms with van der Waals surface area (Å²) >= 11 is 0. The van der Waals surface area contributed by atoms with E-state index in [1.807, 2.05) is 65.6 Å². The van der Waals surface area contributed by atoms with E-state index in [0.29, 0.717) is 0 Å². The highest BCUT2D eigenvalue weighted by molar-refractivity contribution is 6.06. The van der Waals surface area contributed by atoms with Crippen LogP contribution in [0.4, 0.5) is 5.69 Å². The first-order valence-corrected chi connectivity index (χ1v) is 6.76. The Kier molecular flexibility index (Phi) is 3.08. The van der Waals surface area contributed by atoms with E-state index in [0.717, 1.165) is 17.7 Å². The second kappa shape index (κ2) is 4.88. The summed E-state index contributed by atoms with van der Waals surface area (Å²) in [6, 6.07) is 20.3. The average Bonchev–Trinajstić information content (AvgIpc) is 2.47. The second-order valence-electron chi connectivity index (χ2n) is 4.91. The molecule has 2 aromatic carbocycles. The van der Waals surface area contributed by atoms with E-state index in [4.69, 9.17) is 0 Å². The van der Waals surface area contributed by atoms with Crippen LogP contribution in [0.15, 0.2) is 60.7 Å². The molecule has 96 valence electrons. The SMILES string of the molecule is CCC1C(c2ccccc2)C(=O)N1c1ccccc1. The molecular formula is C17H17NO. The number of nitrogens with zero attached hydrogens (tertiary/aromatic N) is 1. The van der Waals surface area contributed by atoms with Gasteiger partial charge < -0.3 is 4.90 Å². The Morgan fingerprint density at radius 3 is 2.11 bits per heavy atom. The number of β-lactam (4-membered cyclic amide) rings is 1. The quantitative estimate of drug-likeness (QED) is 0.763. The van der Waals surface area contributed by atoms with Crippen molar-refractivity contribution in [1.29, 1.82) is 0 Å². The van der Waals surface area contributed by atoms with Gasteiger partial charge in [0.1, 0.15) is 0 Å². The molecule has 0 N–H and O–H groups in total. The smallest absolute Gasteiger partial charge is 0.236 e. The van der Waals surface area contributed by atoms with Crippen LogP contribution in [-0.4, -0.2) is 11.9 Å². The van der Waals surface area contributed by atoms with Crippen molar-refractivity contribution in [2.75, 3.05) is 4.90 Å². The molecule has 2 aromatic rings. The number of benzene rings is 2. The first-order valence-electron chi connectivity index (χ1n) is 6.76. The molecule has 0 radical (unpaired) electrons. The van der Waals surface area contributed by atoms with Crippen LogP contribution >= 0.6 is 0 Å². The molecule has 0 bridgehead atoms.